The van der Waals surface area contributed by atoms with Crippen molar-refractivity contribution in [3.05, 3.63) is 35.9 Å². The third-order valence-electron chi connectivity index (χ3n) is 8.44. The number of hydrogen-bond donors (Lipinski definition) is 4. The molecule has 3 aliphatic heterocycles. The quantitative estimate of drug-likeness (QED) is 0.169. The monoisotopic (exact) mass is 570 g/mol. The van der Waals surface area contributed by atoms with Crippen molar-refractivity contribution >= 4 is 35.1 Å². The molecule has 0 bridgehead atoms. The molecule has 11 heteroatoms. The summed E-state index contributed by atoms with van der Waals surface area (Å²) in [6.07, 6.45) is 8.03. The molecule has 41 heavy (non-hydrogen) atoms. The lowest BCUT2D eigenvalue weighted by Gasteiger charge is -2.28. The number of carbonyl (C=O) groups excluding carboxylic acids is 4. The zero-order chi connectivity index (χ0) is 29.6. The molecule has 3 heterocycles. The summed E-state index contributed by atoms with van der Waals surface area (Å²) < 4.78 is 4.70. The number of likely N-dealkylation sites (tertiary alicyclic amines) is 1. The van der Waals surface area contributed by atoms with Gasteiger partial charge in [-0.25, -0.2) is 0 Å². The van der Waals surface area contributed by atoms with E-state index in [1.807, 2.05) is 0 Å². The molecule has 3 amide bonds. The molecule has 0 spiro atoms. The fraction of sp³-hybridized carbons (Fsp3) is 0.600. The van der Waals surface area contributed by atoms with E-state index >= 15 is 0 Å². The van der Waals surface area contributed by atoms with Gasteiger partial charge in [-0.2, -0.15) is 0 Å². The molecular formula is C30H42N4O7. The largest absolute Gasteiger partial charge is 0.469 e. The van der Waals surface area contributed by atoms with Crippen LogP contribution in [0.2, 0.25) is 0 Å². The first-order valence-corrected chi connectivity index (χ1v) is 14.6. The Morgan fingerprint density at radius 2 is 2.05 bits per heavy atom. The molecule has 3 aliphatic rings. The number of methoxy groups -OCH3 is 1. The maximum absolute atomic E-state index is 13.8. The number of benzene rings is 1. The minimum atomic E-state index is -1.91. The van der Waals surface area contributed by atoms with Crippen molar-refractivity contribution in [1.29, 1.82) is 0 Å². The van der Waals surface area contributed by atoms with E-state index in [0.717, 1.165) is 32.2 Å². The molecule has 0 saturated carbocycles. The number of anilines is 2. The third kappa shape index (κ3) is 6.63. The number of fused-ring (bicyclic) bond motifs is 1. The van der Waals surface area contributed by atoms with Gasteiger partial charge >= 0.3 is 5.97 Å². The lowest BCUT2D eigenvalue weighted by molar-refractivity contribution is -0.140. The first kappa shape index (κ1) is 30.7. The summed E-state index contributed by atoms with van der Waals surface area (Å²) >= 11 is 0. The number of ether oxygens (including phenoxy) is 1. The van der Waals surface area contributed by atoms with Gasteiger partial charge in [-0.1, -0.05) is 19.1 Å². The van der Waals surface area contributed by atoms with Gasteiger partial charge in [0.1, 0.15) is 0 Å². The van der Waals surface area contributed by atoms with Crippen molar-refractivity contribution in [2.45, 2.75) is 76.0 Å². The summed E-state index contributed by atoms with van der Waals surface area (Å²) in [7, 11) is 1.33. The Hall–Kier alpha value is -3.28. The van der Waals surface area contributed by atoms with Gasteiger partial charge in [0, 0.05) is 43.1 Å². The van der Waals surface area contributed by atoms with Crippen molar-refractivity contribution < 1.29 is 34.1 Å². The SMILES string of the molecule is COC(=O)CCCCN1C(=O)[C@@](O)([C@@H](C)/C=C/CC(=O)N2CCC[C@H]2CO)c2cc(NC(=O)[C@H]3CCCN3)ccc21. The number of amides is 3. The van der Waals surface area contributed by atoms with Crippen molar-refractivity contribution in [3.63, 3.8) is 0 Å². The van der Waals surface area contributed by atoms with Crippen LogP contribution in [0.5, 0.6) is 0 Å². The second-order valence-electron chi connectivity index (χ2n) is 11.1. The molecule has 4 rings (SSSR count). The lowest BCUT2D eigenvalue weighted by Crippen LogP contribution is -2.44. The zero-order valence-corrected chi connectivity index (χ0v) is 23.9. The molecule has 0 radical (unpaired) electrons. The Bertz CT molecular complexity index is 1170. The number of unbranched alkanes of at least 4 members (excludes halogenated alkanes) is 1. The van der Waals surface area contributed by atoms with Crippen molar-refractivity contribution in [3.8, 4) is 0 Å². The van der Waals surface area contributed by atoms with E-state index in [4.69, 9.17) is 4.74 Å². The molecule has 0 aromatic heterocycles. The second kappa shape index (κ2) is 13.6. The molecule has 0 aliphatic carbocycles. The average Bonchev–Trinajstić information content (AvgIpc) is 3.72. The molecule has 11 nitrogen and oxygen atoms in total. The molecule has 4 atom stereocenters. The van der Waals surface area contributed by atoms with Crippen LogP contribution in [0.1, 0.15) is 63.9 Å². The minimum absolute atomic E-state index is 0.0674. The average molecular weight is 571 g/mol. The standard InChI is InChI=1S/C30H42N4O7/c1-20(8-5-11-26(36)33-17-7-9-22(33)19-35)30(40)23-18-21(32-28(38)24-10-6-15-31-24)13-14-25(23)34(29(30)39)16-4-3-12-27(37)41-2/h5,8,13-14,18,20,22,24,31,35,40H,3-4,6-7,9-12,15-17,19H2,1-2H3,(H,32,38)/b8-5+/t20-,22-,24+,30+/m0/s1. The zero-order valence-electron chi connectivity index (χ0n) is 23.9. The highest BCUT2D eigenvalue weighted by Crippen LogP contribution is 2.46. The Morgan fingerprint density at radius 1 is 1.24 bits per heavy atom. The third-order valence-corrected chi connectivity index (χ3v) is 8.44. The molecule has 0 unspecified atom stereocenters. The molecule has 4 N–H and O–H groups in total. The minimum Gasteiger partial charge on any atom is -0.469 e. The van der Waals surface area contributed by atoms with Gasteiger partial charge < -0.3 is 35.4 Å². The van der Waals surface area contributed by atoms with E-state index < -0.39 is 17.4 Å². The van der Waals surface area contributed by atoms with Gasteiger partial charge in [0.15, 0.2) is 5.60 Å². The van der Waals surface area contributed by atoms with E-state index in [1.54, 1.807) is 42.2 Å². The highest BCUT2D eigenvalue weighted by Gasteiger charge is 2.52. The number of carbonyl (C=O) groups is 4. The Labute approximate surface area is 240 Å². The number of aliphatic hydroxyl groups is 2. The van der Waals surface area contributed by atoms with Crippen LogP contribution in [-0.4, -0.2) is 84.2 Å². The van der Waals surface area contributed by atoms with Gasteiger partial charge in [0.25, 0.3) is 5.91 Å². The van der Waals surface area contributed by atoms with Crippen LogP contribution >= 0.6 is 0 Å². The Balaban J connectivity index is 1.53. The topological polar surface area (TPSA) is 149 Å². The Morgan fingerprint density at radius 3 is 2.76 bits per heavy atom. The van der Waals surface area contributed by atoms with Crippen LogP contribution in [-0.2, 0) is 29.5 Å². The predicted molar refractivity (Wildman–Crippen MR) is 153 cm³/mol. The van der Waals surface area contributed by atoms with E-state index in [9.17, 15) is 29.4 Å². The summed E-state index contributed by atoms with van der Waals surface area (Å²) in [5.74, 6) is -1.76. The number of hydrogen-bond acceptors (Lipinski definition) is 8. The number of nitrogens with zero attached hydrogens (tertiary/aromatic N) is 2. The number of esters is 1. The van der Waals surface area contributed by atoms with E-state index in [1.165, 1.54) is 12.0 Å². The van der Waals surface area contributed by atoms with E-state index in [-0.39, 0.29) is 49.3 Å². The molecule has 224 valence electrons. The summed E-state index contributed by atoms with van der Waals surface area (Å²) in [5.41, 5.74) is -0.496. The molecule has 1 aromatic carbocycles. The first-order valence-electron chi connectivity index (χ1n) is 14.6. The van der Waals surface area contributed by atoms with Crippen LogP contribution in [0.25, 0.3) is 0 Å². The van der Waals surface area contributed by atoms with Crippen molar-refractivity contribution in [2.24, 2.45) is 5.92 Å². The number of nitrogens with one attached hydrogen (secondary N) is 2. The summed E-state index contributed by atoms with van der Waals surface area (Å²) in [6, 6.07) is 4.65. The maximum Gasteiger partial charge on any atom is 0.305 e. The molecule has 2 saturated heterocycles. The fourth-order valence-electron chi connectivity index (χ4n) is 6.01. The summed E-state index contributed by atoms with van der Waals surface area (Å²) in [4.78, 5) is 54.0. The van der Waals surface area contributed by atoms with Crippen LogP contribution in [0.15, 0.2) is 30.4 Å². The lowest BCUT2D eigenvalue weighted by atomic mass is 9.82. The van der Waals surface area contributed by atoms with Crippen LogP contribution < -0.4 is 15.5 Å². The van der Waals surface area contributed by atoms with Crippen LogP contribution in [0.3, 0.4) is 0 Å². The van der Waals surface area contributed by atoms with Crippen molar-refractivity contribution in [2.75, 3.05) is 43.6 Å². The van der Waals surface area contributed by atoms with Gasteiger partial charge in [0.2, 0.25) is 11.8 Å². The van der Waals surface area contributed by atoms with E-state index in [2.05, 4.69) is 10.6 Å². The van der Waals surface area contributed by atoms with E-state index in [0.29, 0.717) is 42.9 Å². The number of rotatable bonds is 12. The molecule has 1 aromatic rings. The van der Waals surface area contributed by atoms with Gasteiger partial charge in [-0.05, 0) is 63.3 Å². The highest BCUT2D eigenvalue weighted by atomic mass is 16.5. The summed E-state index contributed by atoms with van der Waals surface area (Å²) in [5, 5.41) is 27.6. The van der Waals surface area contributed by atoms with Gasteiger partial charge in [-0.15, -0.1) is 0 Å². The maximum atomic E-state index is 13.8. The molecular weight excluding hydrogens is 528 g/mol. The predicted octanol–water partition coefficient (Wildman–Crippen LogP) is 1.82. The van der Waals surface area contributed by atoms with Crippen LogP contribution in [0.4, 0.5) is 11.4 Å². The van der Waals surface area contributed by atoms with Gasteiger partial charge in [0.05, 0.1) is 31.5 Å². The Kier molecular flexibility index (Phi) is 10.2. The normalized spacial score (nSPS) is 24.6. The molecule has 2 fully saturated rings. The highest BCUT2D eigenvalue weighted by molar-refractivity contribution is 6.08. The van der Waals surface area contributed by atoms with Crippen LogP contribution in [0, 0.1) is 5.92 Å². The smallest absolute Gasteiger partial charge is 0.305 e. The number of aliphatic hydroxyl groups excluding tert-OH is 1. The van der Waals surface area contributed by atoms with Gasteiger partial charge in [-0.3, -0.25) is 19.2 Å². The fourth-order valence-corrected chi connectivity index (χ4v) is 6.01. The second-order valence-corrected chi connectivity index (χ2v) is 11.1. The first-order chi connectivity index (χ1) is 19.7. The summed E-state index contributed by atoms with van der Waals surface area (Å²) in [6.45, 7) is 3.35. The van der Waals surface area contributed by atoms with Crippen molar-refractivity contribution in [1.82, 2.24) is 10.2 Å².